The third-order valence-corrected chi connectivity index (χ3v) is 4.34. The Hall–Kier alpha value is -1.56. The van der Waals surface area contributed by atoms with E-state index in [1.807, 2.05) is 13.0 Å². The average molecular weight is 340 g/mol. The predicted molar refractivity (Wildman–Crippen MR) is 88.4 cm³/mol. The highest BCUT2D eigenvalue weighted by atomic mass is 35.5. The first-order valence-electron chi connectivity index (χ1n) is 7.00. The number of aliphatic hydroxyl groups is 1. The number of rotatable bonds is 7. The molecule has 1 amide bonds. The van der Waals surface area contributed by atoms with Gasteiger partial charge in [-0.05, 0) is 36.2 Å². The summed E-state index contributed by atoms with van der Waals surface area (Å²) in [5, 5.41) is 12.5. The number of amides is 1. The number of benzene rings is 1. The minimum absolute atomic E-state index is 0.0468. The highest BCUT2D eigenvalue weighted by Gasteiger charge is 2.06. The third kappa shape index (κ3) is 5.02. The molecule has 0 aliphatic heterocycles. The summed E-state index contributed by atoms with van der Waals surface area (Å²) in [6.45, 7) is 2.32. The lowest BCUT2D eigenvalue weighted by Gasteiger charge is -2.10. The van der Waals surface area contributed by atoms with Gasteiger partial charge in [-0.1, -0.05) is 30.7 Å². The molecule has 2 N–H and O–H groups in total. The molecule has 2 rings (SSSR count). The van der Waals surface area contributed by atoms with E-state index >= 15 is 0 Å². The summed E-state index contributed by atoms with van der Waals surface area (Å²) in [6, 6.07) is 10.8. The molecule has 4 nitrogen and oxygen atoms in total. The van der Waals surface area contributed by atoms with Crippen LogP contribution in [-0.2, 0) is 11.3 Å². The van der Waals surface area contributed by atoms with Gasteiger partial charge in [0.05, 0.1) is 17.0 Å². The summed E-state index contributed by atoms with van der Waals surface area (Å²) in [7, 11) is 0. The molecule has 0 aliphatic carbocycles. The fourth-order valence-electron chi connectivity index (χ4n) is 1.85. The van der Waals surface area contributed by atoms with Gasteiger partial charge in [0.1, 0.15) is 5.75 Å². The Balaban J connectivity index is 1.76. The van der Waals surface area contributed by atoms with Crippen LogP contribution in [-0.4, -0.2) is 17.6 Å². The summed E-state index contributed by atoms with van der Waals surface area (Å²) in [6.07, 6.45) is 0.199. The summed E-state index contributed by atoms with van der Waals surface area (Å²) in [4.78, 5) is 12.7. The van der Waals surface area contributed by atoms with E-state index in [4.69, 9.17) is 16.3 Å². The molecule has 0 spiro atoms. The molecule has 2 aromatic rings. The van der Waals surface area contributed by atoms with Crippen LogP contribution >= 0.6 is 22.9 Å². The van der Waals surface area contributed by atoms with Crippen LogP contribution < -0.4 is 10.1 Å². The zero-order valence-corrected chi connectivity index (χ0v) is 13.8. The number of aliphatic hydroxyl groups excluding tert-OH is 1. The van der Waals surface area contributed by atoms with E-state index in [0.29, 0.717) is 23.1 Å². The van der Waals surface area contributed by atoms with E-state index in [9.17, 15) is 9.90 Å². The van der Waals surface area contributed by atoms with E-state index in [1.54, 1.807) is 30.3 Å². The van der Waals surface area contributed by atoms with Crippen LogP contribution in [0.3, 0.4) is 0 Å². The Kier molecular flexibility index (Phi) is 6.24. The monoisotopic (exact) mass is 339 g/mol. The molecule has 1 heterocycles. The molecule has 6 heteroatoms. The van der Waals surface area contributed by atoms with Crippen molar-refractivity contribution in [1.82, 2.24) is 5.32 Å². The summed E-state index contributed by atoms with van der Waals surface area (Å²) >= 11 is 7.26. The van der Waals surface area contributed by atoms with Crippen molar-refractivity contribution in [3.05, 3.63) is 51.2 Å². The number of carbonyl (C=O) groups excluding carboxylic acids is 1. The Morgan fingerprint density at radius 2 is 2.05 bits per heavy atom. The van der Waals surface area contributed by atoms with Crippen molar-refractivity contribution in [3.8, 4) is 5.75 Å². The zero-order chi connectivity index (χ0) is 15.9. The van der Waals surface area contributed by atoms with Crippen molar-refractivity contribution in [2.24, 2.45) is 0 Å². The Morgan fingerprint density at radius 3 is 2.64 bits per heavy atom. The highest BCUT2D eigenvalue weighted by Crippen LogP contribution is 2.21. The Bertz CT molecular complexity index is 612. The molecule has 0 unspecified atom stereocenters. The van der Waals surface area contributed by atoms with E-state index in [1.165, 1.54) is 11.3 Å². The largest absolute Gasteiger partial charge is 0.484 e. The molecule has 0 radical (unpaired) electrons. The number of hydrogen-bond acceptors (Lipinski definition) is 4. The van der Waals surface area contributed by atoms with Crippen LogP contribution in [0, 0.1) is 0 Å². The highest BCUT2D eigenvalue weighted by molar-refractivity contribution is 7.16. The number of carbonyl (C=O) groups is 1. The maximum Gasteiger partial charge on any atom is 0.258 e. The first-order valence-corrected chi connectivity index (χ1v) is 8.19. The normalized spacial score (nSPS) is 12.0. The fourth-order valence-corrected chi connectivity index (χ4v) is 2.88. The smallest absolute Gasteiger partial charge is 0.258 e. The third-order valence-electron chi connectivity index (χ3n) is 3.11. The van der Waals surface area contributed by atoms with E-state index < -0.39 is 6.10 Å². The van der Waals surface area contributed by atoms with Crippen molar-refractivity contribution >= 4 is 28.8 Å². The zero-order valence-electron chi connectivity index (χ0n) is 12.2. The van der Waals surface area contributed by atoms with Crippen molar-refractivity contribution in [2.75, 3.05) is 6.61 Å². The molecule has 0 bridgehead atoms. The van der Waals surface area contributed by atoms with Gasteiger partial charge in [-0.25, -0.2) is 0 Å². The van der Waals surface area contributed by atoms with Gasteiger partial charge < -0.3 is 15.2 Å². The van der Waals surface area contributed by atoms with Gasteiger partial charge in [0.25, 0.3) is 5.91 Å². The SMILES string of the molecule is CC[C@@H](O)c1ccc(OCC(=O)NCc2ccc(Cl)s2)cc1. The van der Waals surface area contributed by atoms with Crippen LogP contribution in [0.15, 0.2) is 36.4 Å². The number of nitrogens with one attached hydrogen (secondary N) is 1. The second kappa shape index (κ2) is 8.17. The Labute approximate surface area is 138 Å². The van der Waals surface area contributed by atoms with Crippen LogP contribution in [0.5, 0.6) is 5.75 Å². The summed E-state index contributed by atoms with van der Waals surface area (Å²) in [5.41, 5.74) is 0.842. The number of halogens is 1. The van der Waals surface area contributed by atoms with Crippen molar-refractivity contribution in [3.63, 3.8) is 0 Å². The summed E-state index contributed by atoms with van der Waals surface area (Å²) in [5.74, 6) is 0.406. The lowest BCUT2D eigenvalue weighted by Crippen LogP contribution is -2.28. The van der Waals surface area contributed by atoms with Gasteiger partial charge in [-0.15, -0.1) is 11.3 Å². The first kappa shape index (κ1) is 16.8. The van der Waals surface area contributed by atoms with Gasteiger partial charge in [-0.3, -0.25) is 4.79 Å². The maximum absolute atomic E-state index is 11.7. The van der Waals surface area contributed by atoms with Gasteiger partial charge >= 0.3 is 0 Å². The van der Waals surface area contributed by atoms with Crippen molar-refractivity contribution in [2.45, 2.75) is 26.0 Å². The molecule has 0 saturated carbocycles. The lowest BCUT2D eigenvalue weighted by molar-refractivity contribution is -0.123. The molecule has 1 atom stereocenters. The van der Waals surface area contributed by atoms with Crippen LogP contribution in [0.25, 0.3) is 0 Å². The molecule has 1 aromatic carbocycles. The number of ether oxygens (including phenoxy) is 1. The van der Waals surface area contributed by atoms with Gasteiger partial charge in [0.15, 0.2) is 6.61 Å². The predicted octanol–water partition coefficient (Wildman–Crippen LogP) is 3.54. The second-order valence-electron chi connectivity index (χ2n) is 4.76. The van der Waals surface area contributed by atoms with Crippen molar-refractivity contribution in [1.29, 1.82) is 0 Å². The summed E-state index contributed by atoms with van der Waals surface area (Å²) < 4.78 is 6.12. The molecule has 0 saturated heterocycles. The van der Waals surface area contributed by atoms with E-state index in [2.05, 4.69) is 5.32 Å². The molecule has 22 heavy (non-hydrogen) atoms. The lowest BCUT2D eigenvalue weighted by atomic mass is 10.1. The molecule has 0 fully saturated rings. The quantitative estimate of drug-likeness (QED) is 0.811. The number of hydrogen-bond donors (Lipinski definition) is 2. The Morgan fingerprint density at radius 1 is 1.32 bits per heavy atom. The molecular formula is C16H18ClNO3S. The molecule has 118 valence electrons. The second-order valence-corrected chi connectivity index (χ2v) is 6.56. The van der Waals surface area contributed by atoms with Gasteiger partial charge in [-0.2, -0.15) is 0 Å². The number of thiophene rings is 1. The van der Waals surface area contributed by atoms with Crippen LogP contribution in [0.2, 0.25) is 4.34 Å². The molecule has 0 aliphatic rings. The van der Waals surface area contributed by atoms with Crippen LogP contribution in [0.4, 0.5) is 0 Å². The van der Waals surface area contributed by atoms with Crippen molar-refractivity contribution < 1.29 is 14.6 Å². The van der Waals surface area contributed by atoms with Crippen LogP contribution in [0.1, 0.15) is 29.9 Å². The molecule has 1 aromatic heterocycles. The van der Waals surface area contributed by atoms with E-state index in [0.717, 1.165) is 10.4 Å². The minimum atomic E-state index is -0.463. The fraction of sp³-hybridized carbons (Fsp3) is 0.312. The van der Waals surface area contributed by atoms with Gasteiger partial charge in [0, 0.05) is 4.88 Å². The topological polar surface area (TPSA) is 58.6 Å². The van der Waals surface area contributed by atoms with E-state index in [-0.39, 0.29) is 12.5 Å². The van der Waals surface area contributed by atoms with Gasteiger partial charge in [0.2, 0.25) is 0 Å². The molecular weight excluding hydrogens is 322 g/mol. The minimum Gasteiger partial charge on any atom is -0.484 e. The first-order chi connectivity index (χ1) is 10.6. The average Bonchev–Trinajstić information content (AvgIpc) is 2.96. The maximum atomic E-state index is 11.7. The standard InChI is InChI=1S/C16H18ClNO3S/c1-2-14(19)11-3-5-12(6-4-11)21-10-16(20)18-9-13-7-8-15(17)22-13/h3-8,14,19H,2,9-10H2,1H3,(H,18,20)/t14-/m1/s1.